The molecule has 0 aliphatic carbocycles. The van der Waals surface area contributed by atoms with Crippen molar-refractivity contribution in [3.63, 3.8) is 0 Å². The minimum Gasteiger partial charge on any atom is -0.372 e. The molecule has 0 fully saturated rings. The van der Waals surface area contributed by atoms with Gasteiger partial charge in [0.25, 0.3) is 0 Å². The van der Waals surface area contributed by atoms with E-state index in [4.69, 9.17) is 4.74 Å². The number of rotatable bonds is 5. The summed E-state index contributed by atoms with van der Waals surface area (Å²) in [5, 5.41) is 2.64. The molecule has 0 saturated heterocycles. The second-order valence-corrected chi connectivity index (χ2v) is 8.49. The van der Waals surface area contributed by atoms with Gasteiger partial charge in [0.1, 0.15) is 6.61 Å². The highest BCUT2D eigenvalue weighted by Crippen LogP contribution is 2.11. The summed E-state index contributed by atoms with van der Waals surface area (Å²) in [5.41, 5.74) is 3.56. The van der Waals surface area contributed by atoms with Crippen LogP contribution in [0.1, 0.15) is 0 Å². The minimum absolute atomic E-state index is 0.464. The monoisotopic (exact) mass is 292 g/mol. The van der Waals surface area contributed by atoms with E-state index in [-0.39, 0.29) is 0 Å². The largest absolute Gasteiger partial charge is 0.372 e. The van der Waals surface area contributed by atoms with Crippen LogP contribution in [0.15, 0.2) is 73.3 Å². The summed E-state index contributed by atoms with van der Waals surface area (Å²) in [7, 11) is -0.467. The Morgan fingerprint density at radius 3 is 1.95 bits per heavy atom. The van der Waals surface area contributed by atoms with Gasteiger partial charge >= 0.3 is 0 Å². The van der Waals surface area contributed by atoms with Crippen molar-refractivity contribution in [3.05, 3.63) is 73.3 Å². The molecule has 0 heterocycles. The van der Waals surface area contributed by atoms with E-state index < -0.39 is 8.07 Å². The van der Waals surface area contributed by atoms with E-state index in [1.807, 2.05) is 18.2 Å². The van der Waals surface area contributed by atoms with Crippen LogP contribution in [0.2, 0.25) is 6.04 Å². The molecule has 0 amide bonds. The summed E-state index contributed by atoms with van der Waals surface area (Å²) < 4.78 is 5.11. The van der Waals surface area contributed by atoms with Crippen molar-refractivity contribution in [2.75, 3.05) is 13.7 Å². The van der Waals surface area contributed by atoms with E-state index in [1.54, 1.807) is 7.11 Å². The highest BCUT2D eigenvalue weighted by Gasteiger charge is 2.34. The number of hydrogen-bond acceptors (Lipinski definition) is 1. The van der Waals surface area contributed by atoms with E-state index >= 15 is 0 Å². The number of allylic oxidation sites excluding steroid dienone is 1. The first-order valence-corrected chi connectivity index (χ1v) is 9.25. The van der Waals surface area contributed by atoms with Gasteiger partial charge in [0, 0.05) is 7.11 Å². The lowest BCUT2D eigenvalue weighted by molar-refractivity contribution is 0.240. The zero-order valence-corrected chi connectivity index (χ0v) is 13.4. The number of benzene rings is 2. The van der Waals surface area contributed by atoms with Gasteiger partial charge in [0.05, 0.1) is 0 Å². The van der Waals surface area contributed by atoms with Crippen LogP contribution in [-0.2, 0) is 4.74 Å². The lowest BCUT2D eigenvalue weighted by Crippen LogP contribution is -2.57. The van der Waals surface area contributed by atoms with Crippen LogP contribution >= 0.6 is 0 Å². The second-order valence-electron chi connectivity index (χ2n) is 4.86. The topological polar surface area (TPSA) is 9.23 Å². The van der Waals surface area contributed by atoms with Gasteiger partial charge in [-0.3, -0.25) is 0 Å². The zero-order chi connectivity index (χ0) is 15.0. The molecule has 0 aliphatic rings. The third-order valence-electron chi connectivity index (χ3n) is 3.50. The molecule has 0 radical (unpaired) electrons. The average molecular weight is 292 g/mol. The Hall–Kier alpha value is -2.08. The van der Waals surface area contributed by atoms with E-state index in [2.05, 4.69) is 66.6 Å². The molecule has 2 heteroatoms. The molecule has 2 rings (SSSR count). The molecule has 1 nitrogen and oxygen atoms in total. The fourth-order valence-electron chi connectivity index (χ4n) is 2.52. The molecule has 0 aromatic heterocycles. The van der Waals surface area contributed by atoms with Crippen LogP contribution in [0, 0.1) is 11.5 Å². The summed E-state index contributed by atoms with van der Waals surface area (Å²) in [4.78, 5) is 0. The van der Waals surface area contributed by atoms with Crippen molar-refractivity contribution in [1.82, 2.24) is 0 Å². The molecule has 2 aromatic rings. The predicted octanol–water partition coefficient (Wildman–Crippen LogP) is 2.62. The Morgan fingerprint density at radius 2 is 1.52 bits per heavy atom. The fraction of sp³-hybridized carbons (Fsp3) is 0.158. The average Bonchev–Trinajstić information content (AvgIpc) is 2.56. The molecular weight excluding hydrogens is 272 g/mol. The maximum Gasteiger partial charge on any atom is 0.202 e. The van der Waals surface area contributed by atoms with E-state index in [9.17, 15) is 0 Å². The van der Waals surface area contributed by atoms with Gasteiger partial charge in [-0.2, -0.15) is 0 Å². The molecule has 0 spiro atoms. The van der Waals surface area contributed by atoms with Crippen molar-refractivity contribution in [2.24, 2.45) is 0 Å². The first-order valence-electron chi connectivity index (χ1n) is 7.04. The lowest BCUT2D eigenvalue weighted by Gasteiger charge is -2.26. The second kappa shape index (κ2) is 7.63. The van der Waals surface area contributed by atoms with Crippen molar-refractivity contribution in [3.8, 4) is 11.5 Å². The highest BCUT2D eigenvalue weighted by atomic mass is 28.3. The van der Waals surface area contributed by atoms with Gasteiger partial charge in [-0.05, 0) is 16.4 Å². The molecule has 2 aromatic carbocycles. The maximum atomic E-state index is 5.11. The Kier molecular flexibility index (Phi) is 5.56. The Morgan fingerprint density at radius 1 is 1.00 bits per heavy atom. The third-order valence-corrected chi connectivity index (χ3v) is 7.64. The molecule has 0 N–H and O–H groups in total. The van der Waals surface area contributed by atoms with Crippen LogP contribution in [0.25, 0.3) is 0 Å². The summed E-state index contributed by atoms with van der Waals surface area (Å²) >= 11 is 0. The predicted molar refractivity (Wildman–Crippen MR) is 92.6 cm³/mol. The summed E-state index contributed by atoms with van der Waals surface area (Å²) in [6, 6.07) is 22.1. The SMILES string of the molecule is C=CC[Si](C#CCOC)(c1ccccc1)c1ccccc1. The Bertz CT molecular complexity index is 583. The fourth-order valence-corrected chi connectivity index (χ4v) is 6.04. The van der Waals surface area contributed by atoms with Gasteiger partial charge in [-0.1, -0.05) is 72.7 Å². The van der Waals surface area contributed by atoms with Crippen molar-refractivity contribution < 1.29 is 4.74 Å². The highest BCUT2D eigenvalue weighted by molar-refractivity contribution is 7.08. The van der Waals surface area contributed by atoms with E-state index in [0.717, 1.165) is 6.04 Å². The third kappa shape index (κ3) is 3.52. The molecule has 0 bridgehead atoms. The molecule has 106 valence electrons. The normalized spacial score (nSPS) is 10.5. The van der Waals surface area contributed by atoms with Crippen molar-refractivity contribution >= 4 is 18.4 Å². The minimum atomic E-state index is -2.14. The van der Waals surface area contributed by atoms with Gasteiger partial charge in [0.2, 0.25) is 8.07 Å². The molecule has 0 unspecified atom stereocenters. The first-order chi connectivity index (χ1) is 10.3. The zero-order valence-electron chi connectivity index (χ0n) is 12.4. The Labute approximate surface area is 128 Å². The first kappa shape index (κ1) is 15.3. The van der Waals surface area contributed by atoms with E-state index in [1.165, 1.54) is 10.4 Å². The van der Waals surface area contributed by atoms with Gasteiger partial charge in [0.15, 0.2) is 0 Å². The van der Waals surface area contributed by atoms with E-state index in [0.29, 0.717) is 6.61 Å². The number of hydrogen-bond donors (Lipinski definition) is 0. The molecule has 0 aliphatic heterocycles. The number of ether oxygens (including phenoxy) is 1. The van der Waals surface area contributed by atoms with Crippen LogP contribution < -0.4 is 10.4 Å². The smallest absolute Gasteiger partial charge is 0.202 e. The summed E-state index contributed by atoms with van der Waals surface area (Å²) in [6.07, 6.45) is 1.99. The van der Waals surface area contributed by atoms with Crippen LogP contribution in [0.5, 0.6) is 0 Å². The van der Waals surface area contributed by atoms with Gasteiger partial charge in [-0.25, -0.2) is 0 Å². The molecule has 0 saturated carbocycles. The van der Waals surface area contributed by atoms with Crippen LogP contribution in [0.3, 0.4) is 0 Å². The van der Waals surface area contributed by atoms with Crippen LogP contribution in [0.4, 0.5) is 0 Å². The van der Waals surface area contributed by atoms with Crippen molar-refractivity contribution in [1.29, 1.82) is 0 Å². The molecule has 21 heavy (non-hydrogen) atoms. The summed E-state index contributed by atoms with van der Waals surface area (Å²) in [5.74, 6) is 3.20. The lowest BCUT2D eigenvalue weighted by atomic mass is 10.4. The van der Waals surface area contributed by atoms with Gasteiger partial charge in [-0.15, -0.1) is 12.1 Å². The maximum absolute atomic E-state index is 5.11. The number of methoxy groups -OCH3 is 1. The quantitative estimate of drug-likeness (QED) is 0.468. The van der Waals surface area contributed by atoms with Crippen molar-refractivity contribution in [2.45, 2.75) is 6.04 Å². The summed E-state index contributed by atoms with van der Waals surface area (Å²) in [6.45, 7) is 4.42. The molecular formula is C19H20OSi. The standard InChI is InChI=1S/C19H20OSi/c1-3-16-21(17-10-15-20-2,18-11-6-4-7-12-18)19-13-8-5-9-14-19/h3-9,11-14H,1,15-16H2,2H3. The van der Waals surface area contributed by atoms with Crippen LogP contribution in [-0.4, -0.2) is 21.8 Å². The van der Waals surface area contributed by atoms with Gasteiger partial charge < -0.3 is 4.74 Å². The Balaban J connectivity index is 2.61. The molecule has 0 atom stereocenters.